The molecule has 0 spiro atoms. The first-order valence-corrected chi connectivity index (χ1v) is 9.84. The zero-order valence-electron chi connectivity index (χ0n) is 14.5. The van der Waals surface area contributed by atoms with Crippen LogP contribution >= 0.6 is 22.9 Å². The van der Waals surface area contributed by atoms with Crippen LogP contribution in [0.5, 0.6) is 0 Å². The molecule has 134 valence electrons. The van der Waals surface area contributed by atoms with E-state index < -0.39 is 0 Å². The van der Waals surface area contributed by atoms with Crippen molar-refractivity contribution in [1.82, 2.24) is 10.3 Å². The maximum atomic E-state index is 12.2. The minimum atomic E-state index is -0.0885. The number of piperazine rings is 1. The fourth-order valence-electron chi connectivity index (χ4n) is 2.74. The summed E-state index contributed by atoms with van der Waals surface area (Å²) in [6.07, 6.45) is 0.911. The number of benzene rings is 1. The van der Waals surface area contributed by atoms with Crippen LogP contribution < -0.4 is 15.1 Å². The number of thiazole rings is 1. The summed E-state index contributed by atoms with van der Waals surface area (Å²) in [7, 11) is 0. The van der Waals surface area contributed by atoms with Gasteiger partial charge >= 0.3 is 0 Å². The fourth-order valence-corrected chi connectivity index (χ4v) is 3.79. The van der Waals surface area contributed by atoms with Crippen LogP contribution in [0.1, 0.15) is 30.8 Å². The van der Waals surface area contributed by atoms with Crippen molar-refractivity contribution in [3.63, 3.8) is 0 Å². The molecule has 0 aliphatic carbocycles. The van der Waals surface area contributed by atoms with Gasteiger partial charge in [0.1, 0.15) is 5.69 Å². The van der Waals surface area contributed by atoms with Crippen molar-refractivity contribution in [3.8, 4) is 0 Å². The van der Waals surface area contributed by atoms with Gasteiger partial charge in [-0.1, -0.05) is 24.6 Å². The topological polar surface area (TPSA) is 48.5 Å². The van der Waals surface area contributed by atoms with Gasteiger partial charge in [0.05, 0.1) is 0 Å². The predicted molar refractivity (Wildman–Crippen MR) is 105 cm³/mol. The van der Waals surface area contributed by atoms with E-state index in [0.29, 0.717) is 5.69 Å². The number of carbonyl (C=O) groups excluding carboxylic acids is 1. The minimum absolute atomic E-state index is 0.0885. The lowest BCUT2D eigenvalue weighted by Crippen LogP contribution is -2.46. The van der Waals surface area contributed by atoms with Crippen molar-refractivity contribution in [1.29, 1.82) is 0 Å². The van der Waals surface area contributed by atoms with Crippen LogP contribution in [-0.2, 0) is 0 Å². The maximum Gasteiger partial charge on any atom is 0.271 e. The van der Waals surface area contributed by atoms with Gasteiger partial charge in [0.15, 0.2) is 5.13 Å². The molecule has 0 saturated carbocycles. The SMILES string of the molecule is CCC(C)NC(=O)c1csc(N2CCN(c3cccc(Cl)c3)CC2)n1. The second-order valence-corrected chi connectivity index (χ2v) is 7.53. The molecule has 2 aromatic rings. The van der Waals surface area contributed by atoms with Crippen molar-refractivity contribution in [2.45, 2.75) is 26.3 Å². The largest absolute Gasteiger partial charge is 0.368 e. The van der Waals surface area contributed by atoms with Crippen LogP contribution in [0.15, 0.2) is 29.6 Å². The Labute approximate surface area is 157 Å². The number of halogens is 1. The van der Waals surface area contributed by atoms with E-state index in [-0.39, 0.29) is 11.9 Å². The number of nitrogens with zero attached hydrogens (tertiary/aromatic N) is 3. The Morgan fingerprint density at radius 3 is 2.72 bits per heavy atom. The Morgan fingerprint density at radius 1 is 1.32 bits per heavy atom. The monoisotopic (exact) mass is 378 g/mol. The van der Waals surface area contributed by atoms with E-state index in [1.54, 1.807) is 0 Å². The van der Waals surface area contributed by atoms with E-state index in [4.69, 9.17) is 11.6 Å². The van der Waals surface area contributed by atoms with Gasteiger partial charge in [-0.3, -0.25) is 4.79 Å². The van der Waals surface area contributed by atoms with E-state index in [0.717, 1.165) is 48.4 Å². The summed E-state index contributed by atoms with van der Waals surface area (Å²) in [5.41, 5.74) is 1.66. The highest BCUT2D eigenvalue weighted by Gasteiger charge is 2.21. The summed E-state index contributed by atoms with van der Waals surface area (Å²) in [4.78, 5) is 21.3. The van der Waals surface area contributed by atoms with Crippen LogP contribution in [0.4, 0.5) is 10.8 Å². The van der Waals surface area contributed by atoms with E-state index in [9.17, 15) is 4.79 Å². The molecule has 1 unspecified atom stereocenters. The zero-order chi connectivity index (χ0) is 17.8. The van der Waals surface area contributed by atoms with Gasteiger partial charge < -0.3 is 15.1 Å². The van der Waals surface area contributed by atoms with Gasteiger partial charge in [-0.15, -0.1) is 11.3 Å². The molecule has 1 aromatic carbocycles. The second kappa shape index (κ2) is 8.06. The number of aromatic nitrogens is 1. The van der Waals surface area contributed by atoms with Crippen LogP contribution in [0.25, 0.3) is 0 Å². The molecule has 7 heteroatoms. The Hall–Kier alpha value is -1.79. The molecule has 3 rings (SSSR count). The number of anilines is 2. The molecular weight excluding hydrogens is 356 g/mol. The predicted octanol–water partition coefficient (Wildman–Crippen LogP) is 3.65. The molecule has 1 N–H and O–H groups in total. The van der Waals surface area contributed by atoms with E-state index >= 15 is 0 Å². The molecule has 2 heterocycles. The van der Waals surface area contributed by atoms with Crippen LogP contribution in [0.3, 0.4) is 0 Å². The molecule has 1 aliphatic heterocycles. The van der Waals surface area contributed by atoms with Crippen molar-refractivity contribution in [3.05, 3.63) is 40.4 Å². The van der Waals surface area contributed by atoms with Gasteiger partial charge in [0, 0.05) is 48.3 Å². The number of amides is 1. The first kappa shape index (κ1) is 18.0. The Bertz CT molecular complexity index is 727. The third-order valence-corrected chi connectivity index (χ3v) is 5.57. The normalized spacial score (nSPS) is 16.0. The molecule has 1 aromatic heterocycles. The highest BCUT2D eigenvalue weighted by atomic mass is 35.5. The summed E-state index contributed by atoms with van der Waals surface area (Å²) in [6.45, 7) is 7.64. The maximum absolute atomic E-state index is 12.2. The number of nitrogens with one attached hydrogen (secondary N) is 1. The van der Waals surface area contributed by atoms with Crippen LogP contribution in [0, 0.1) is 0 Å². The first-order valence-electron chi connectivity index (χ1n) is 8.58. The number of rotatable bonds is 5. The van der Waals surface area contributed by atoms with Crippen molar-refractivity contribution in [2.24, 2.45) is 0 Å². The van der Waals surface area contributed by atoms with Gasteiger partial charge in [-0.05, 0) is 31.5 Å². The van der Waals surface area contributed by atoms with Crippen LogP contribution in [0.2, 0.25) is 5.02 Å². The summed E-state index contributed by atoms with van der Waals surface area (Å²) < 4.78 is 0. The number of carbonyl (C=O) groups is 1. The van der Waals surface area contributed by atoms with Crippen molar-refractivity contribution in [2.75, 3.05) is 36.0 Å². The molecule has 1 atom stereocenters. The quantitative estimate of drug-likeness (QED) is 0.862. The van der Waals surface area contributed by atoms with Crippen LogP contribution in [-0.4, -0.2) is 43.1 Å². The first-order chi connectivity index (χ1) is 12.1. The lowest BCUT2D eigenvalue weighted by molar-refractivity contribution is 0.0935. The molecule has 1 aliphatic rings. The van der Waals surface area contributed by atoms with Crippen molar-refractivity contribution < 1.29 is 4.79 Å². The molecular formula is C18H23ClN4OS. The average molecular weight is 379 g/mol. The highest BCUT2D eigenvalue weighted by Crippen LogP contribution is 2.25. The summed E-state index contributed by atoms with van der Waals surface area (Å²) in [5, 5.41) is 6.48. The van der Waals surface area contributed by atoms with Crippen molar-refractivity contribution >= 4 is 39.7 Å². The van der Waals surface area contributed by atoms with E-state index in [1.807, 2.05) is 30.5 Å². The summed E-state index contributed by atoms with van der Waals surface area (Å²) in [6, 6.07) is 8.12. The number of hydrogen-bond donors (Lipinski definition) is 1. The lowest BCUT2D eigenvalue weighted by atomic mass is 10.2. The number of hydrogen-bond acceptors (Lipinski definition) is 5. The summed E-state index contributed by atoms with van der Waals surface area (Å²) >= 11 is 7.62. The lowest BCUT2D eigenvalue weighted by Gasteiger charge is -2.36. The van der Waals surface area contributed by atoms with Gasteiger partial charge in [-0.25, -0.2) is 4.98 Å². The third kappa shape index (κ3) is 4.44. The molecule has 1 saturated heterocycles. The van der Waals surface area contributed by atoms with Gasteiger partial charge in [-0.2, -0.15) is 0 Å². The third-order valence-electron chi connectivity index (χ3n) is 4.44. The Morgan fingerprint density at radius 2 is 2.04 bits per heavy atom. The van der Waals surface area contributed by atoms with Gasteiger partial charge in [0.2, 0.25) is 0 Å². The molecule has 1 fully saturated rings. The minimum Gasteiger partial charge on any atom is -0.368 e. The molecule has 25 heavy (non-hydrogen) atoms. The highest BCUT2D eigenvalue weighted by molar-refractivity contribution is 7.13. The molecule has 0 radical (unpaired) electrons. The zero-order valence-corrected chi connectivity index (χ0v) is 16.1. The standard InChI is InChI=1S/C18H23ClN4OS/c1-3-13(2)20-17(24)16-12-25-18(21-16)23-9-7-22(8-10-23)15-6-4-5-14(19)11-15/h4-6,11-13H,3,7-10H2,1-2H3,(H,20,24). The Balaban J connectivity index is 1.59. The average Bonchev–Trinajstić information content (AvgIpc) is 3.12. The fraction of sp³-hybridized carbons (Fsp3) is 0.444. The molecule has 1 amide bonds. The van der Waals surface area contributed by atoms with E-state index in [1.165, 1.54) is 11.3 Å². The van der Waals surface area contributed by atoms with Gasteiger partial charge in [0.25, 0.3) is 5.91 Å². The molecule has 5 nitrogen and oxygen atoms in total. The van der Waals surface area contributed by atoms with E-state index in [2.05, 4.69) is 33.1 Å². The molecule has 0 bridgehead atoms. The second-order valence-electron chi connectivity index (χ2n) is 6.25. The Kier molecular flexibility index (Phi) is 5.81. The smallest absolute Gasteiger partial charge is 0.271 e. The summed E-state index contributed by atoms with van der Waals surface area (Å²) in [5.74, 6) is -0.0885.